The van der Waals surface area contributed by atoms with E-state index in [1.165, 1.54) is 0 Å². The molecule has 0 fully saturated rings. The highest BCUT2D eigenvalue weighted by Crippen LogP contribution is 2.25. The van der Waals surface area contributed by atoms with E-state index in [0.717, 1.165) is 12.0 Å². The number of hydrogen-bond acceptors (Lipinski definition) is 1. The van der Waals surface area contributed by atoms with Gasteiger partial charge in [0.2, 0.25) is 0 Å². The quantitative estimate of drug-likeness (QED) is 0.836. The summed E-state index contributed by atoms with van der Waals surface area (Å²) in [6, 6.07) is 5.49. The van der Waals surface area contributed by atoms with E-state index in [1.54, 1.807) is 6.07 Å². The normalized spacial score (nSPS) is 13.3. The fraction of sp³-hybridized carbons (Fsp3) is 0.455. The number of rotatable bonds is 3. The van der Waals surface area contributed by atoms with Crippen molar-refractivity contribution in [1.82, 2.24) is 0 Å². The largest absolute Gasteiger partial charge is 0.324 e. The summed E-state index contributed by atoms with van der Waals surface area (Å²) in [7, 11) is 0. The minimum absolute atomic E-state index is 0.0196. The van der Waals surface area contributed by atoms with E-state index in [2.05, 4.69) is 13.8 Å². The standard InChI is InChI=1S/C11H15Cl2N/c1-7(2)3-11(14)8-4-9(12)6-10(13)5-8/h4-7,11H,3,14H2,1-2H3. The van der Waals surface area contributed by atoms with Crippen molar-refractivity contribution in [2.75, 3.05) is 0 Å². The molecule has 0 aliphatic heterocycles. The van der Waals surface area contributed by atoms with Crippen molar-refractivity contribution in [1.29, 1.82) is 0 Å². The van der Waals surface area contributed by atoms with Gasteiger partial charge >= 0.3 is 0 Å². The zero-order valence-electron chi connectivity index (χ0n) is 8.43. The van der Waals surface area contributed by atoms with Gasteiger partial charge in [-0.3, -0.25) is 0 Å². The molecule has 0 saturated carbocycles. The Morgan fingerprint density at radius 3 is 2.07 bits per heavy atom. The molecule has 78 valence electrons. The molecule has 0 spiro atoms. The Morgan fingerprint density at radius 1 is 1.14 bits per heavy atom. The van der Waals surface area contributed by atoms with Crippen LogP contribution < -0.4 is 5.73 Å². The summed E-state index contributed by atoms with van der Waals surface area (Å²) in [5, 5.41) is 1.29. The molecule has 0 radical (unpaired) electrons. The van der Waals surface area contributed by atoms with Crippen LogP contribution in [0, 0.1) is 5.92 Å². The minimum atomic E-state index is 0.0196. The maximum absolute atomic E-state index is 6.02. The van der Waals surface area contributed by atoms with Gasteiger partial charge in [0.25, 0.3) is 0 Å². The summed E-state index contributed by atoms with van der Waals surface area (Å²) >= 11 is 11.8. The molecule has 1 nitrogen and oxygen atoms in total. The Hall–Kier alpha value is -0.240. The van der Waals surface area contributed by atoms with Crippen LogP contribution in [0.2, 0.25) is 10.0 Å². The molecule has 0 heterocycles. The fourth-order valence-corrected chi connectivity index (χ4v) is 1.98. The molecule has 0 aliphatic carbocycles. The summed E-state index contributed by atoms with van der Waals surface area (Å²) in [6.45, 7) is 4.29. The molecule has 0 bridgehead atoms. The minimum Gasteiger partial charge on any atom is -0.324 e. The molecule has 1 aromatic carbocycles. The van der Waals surface area contributed by atoms with Crippen LogP contribution in [0.1, 0.15) is 31.9 Å². The zero-order chi connectivity index (χ0) is 10.7. The van der Waals surface area contributed by atoms with E-state index in [9.17, 15) is 0 Å². The highest BCUT2D eigenvalue weighted by molar-refractivity contribution is 6.34. The van der Waals surface area contributed by atoms with E-state index in [0.29, 0.717) is 16.0 Å². The van der Waals surface area contributed by atoms with Crippen LogP contribution in [0.3, 0.4) is 0 Å². The Balaban J connectivity index is 2.84. The highest BCUT2D eigenvalue weighted by atomic mass is 35.5. The molecule has 14 heavy (non-hydrogen) atoms. The van der Waals surface area contributed by atoms with Crippen LogP contribution in [0.15, 0.2) is 18.2 Å². The summed E-state index contributed by atoms with van der Waals surface area (Å²) in [4.78, 5) is 0. The lowest BCUT2D eigenvalue weighted by Crippen LogP contribution is -2.12. The molecule has 2 N–H and O–H groups in total. The number of hydrogen-bond donors (Lipinski definition) is 1. The van der Waals surface area contributed by atoms with Gasteiger partial charge in [-0.15, -0.1) is 0 Å². The maximum Gasteiger partial charge on any atom is 0.0424 e. The van der Waals surface area contributed by atoms with Crippen LogP contribution in [0.4, 0.5) is 0 Å². The predicted molar refractivity (Wildman–Crippen MR) is 62.8 cm³/mol. The first-order chi connectivity index (χ1) is 6.49. The van der Waals surface area contributed by atoms with E-state index < -0.39 is 0 Å². The molecule has 0 aromatic heterocycles. The van der Waals surface area contributed by atoms with Gasteiger partial charge in [-0.2, -0.15) is 0 Å². The lowest BCUT2D eigenvalue weighted by molar-refractivity contribution is 0.510. The monoisotopic (exact) mass is 231 g/mol. The average Bonchev–Trinajstić information content (AvgIpc) is 2.00. The summed E-state index contributed by atoms with van der Waals surface area (Å²) < 4.78 is 0. The molecule has 1 rings (SSSR count). The van der Waals surface area contributed by atoms with Crippen LogP contribution >= 0.6 is 23.2 Å². The molecule has 3 heteroatoms. The van der Waals surface area contributed by atoms with E-state index in [4.69, 9.17) is 28.9 Å². The first-order valence-corrected chi connectivity index (χ1v) is 5.46. The molecule has 0 saturated heterocycles. The van der Waals surface area contributed by atoms with Gasteiger partial charge in [0, 0.05) is 16.1 Å². The van der Waals surface area contributed by atoms with Gasteiger partial charge in [-0.1, -0.05) is 37.0 Å². The summed E-state index contributed by atoms with van der Waals surface area (Å²) in [5.41, 5.74) is 7.03. The first-order valence-electron chi connectivity index (χ1n) is 4.70. The Bertz CT molecular complexity index is 290. The van der Waals surface area contributed by atoms with Gasteiger partial charge in [-0.05, 0) is 36.1 Å². The third-order valence-corrected chi connectivity index (χ3v) is 2.47. The molecular formula is C11H15Cl2N. The first kappa shape index (κ1) is 11.8. The Morgan fingerprint density at radius 2 is 1.64 bits per heavy atom. The second-order valence-electron chi connectivity index (χ2n) is 3.94. The van der Waals surface area contributed by atoms with Gasteiger partial charge in [-0.25, -0.2) is 0 Å². The second kappa shape index (κ2) is 5.01. The molecule has 0 amide bonds. The van der Waals surface area contributed by atoms with Crippen LogP contribution in [0.25, 0.3) is 0 Å². The third-order valence-electron chi connectivity index (χ3n) is 2.04. The third kappa shape index (κ3) is 3.49. The zero-order valence-corrected chi connectivity index (χ0v) is 9.94. The maximum atomic E-state index is 6.02. The lowest BCUT2D eigenvalue weighted by atomic mass is 9.98. The van der Waals surface area contributed by atoms with Crippen molar-refractivity contribution >= 4 is 23.2 Å². The van der Waals surface area contributed by atoms with Crippen LogP contribution in [0.5, 0.6) is 0 Å². The van der Waals surface area contributed by atoms with E-state index in [-0.39, 0.29) is 6.04 Å². The van der Waals surface area contributed by atoms with Gasteiger partial charge < -0.3 is 5.73 Å². The second-order valence-corrected chi connectivity index (χ2v) is 4.81. The highest BCUT2D eigenvalue weighted by Gasteiger charge is 2.09. The lowest BCUT2D eigenvalue weighted by Gasteiger charge is -2.14. The summed E-state index contributed by atoms with van der Waals surface area (Å²) in [5.74, 6) is 0.572. The van der Waals surface area contributed by atoms with Crippen molar-refractivity contribution in [3.63, 3.8) is 0 Å². The van der Waals surface area contributed by atoms with Crippen LogP contribution in [-0.2, 0) is 0 Å². The number of benzene rings is 1. The molecule has 0 aliphatic rings. The molecule has 1 aromatic rings. The van der Waals surface area contributed by atoms with Crippen molar-refractivity contribution in [3.05, 3.63) is 33.8 Å². The van der Waals surface area contributed by atoms with Gasteiger partial charge in [0.05, 0.1) is 0 Å². The smallest absolute Gasteiger partial charge is 0.0424 e. The van der Waals surface area contributed by atoms with Crippen molar-refractivity contribution in [2.45, 2.75) is 26.3 Å². The van der Waals surface area contributed by atoms with Gasteiger partial charge in [0.15, 0.2) is 0 Å². The van der Waals surface area contributed by atoms with Crippen molar-refractivity contribution in [2.24, 2.45) is 11.7 Å². The van der Waals surface area contributed by atoms with E-state index >= 15 is 0 Å². The molecule has 1 unspecified atom stereocenters. The molecular weight excluding hydrogens is 217 g/mol. The molecule has 1 atom stereocenters. The SMILES string of the molecule is CC(C)CC(N)c1cc(Cl)cc(Cl)c1. The Kier molecular flexibility index (Phi) is 4.24. The number of nitrogens with two attached hydrogens (primary N) is 1. The van der Waals surface area contributed by atoms with Crippen LogP contribution in [-0.4, -0.2) is 0 Å². The fourth-order valence-electron chi connectivity index (χ4n) is 1.43. The van der Waals surface area contributed by atoms with Crippen molar-refractivity contribution in [3.8, 4) is 0 Å². The van der Waals surface area contributed by atoms with Gasteiger partial charge in [0.1, 0.15) is 0 Å². The summed E-state index contributed by atoms with van der Waals surface area (Å²) in [6.07, 6.45) is 0.941. The Labute approximate surface area is 95.2 Å². The average molecular weight is 232 g/mol. The topological polar surface area (TPSA) is 26.0 Å². The van der Waals surface area contributed by atoms with E-state index in [1.807, 2.05) is 12.1 Å². The predicted octanol–water partition coefficient (Wildman–Crippen LogP) is 4.04. The van der Waals surface area contributed by atoms with Crippen molar-refractivity contribution < 1.29 is 0 Å². The number of halogens is 2.